The summed E-state index contributed by atoms with van der Waals surface area (Å²) in [5.74, 6) is -0.845. The number of Topliss-reactive ketones (excluding diaryl/α,β-unsaturated/α-hetero) is 1. The summed E-state index contributed by atoms with van der Waals surface area (Å²) >= 11 is 5.77. The standard InChI is InChI=1S/C33H53NO5S2Si/c1-11-42(12-2,13-3)39-29-20-30(35)37-28(24(6)19-27-21-41-26(8)34-27)18-17-22(4)15-14-16-23(5)31(38-40)25(7)32(36)33(29,9)10/h14,16-17,19,21,23,25,28-29,31,40H,11-13,15,18,20H2,1-10H3/b16-14+,22-17-,24-19+/t23-,25+,28-,29-,31-/m0/s1. The van der Waals surface area contributed by atoms with Crippen LogP contribution in [0.4, 0.5) is 0 Å². The highest BCUT2D eigenvalue weighted by atomic mass is 32.1. The highest BCUT2D eigenvalue weighted by molar-refractivity contribution is 7.75. The molecule has 1 aromatic rings. The van der Waals surface area contributed by atoms with Gasteiger partial charge >= 0.3 is 5.97 Å². The number of thiazole rings is 1. The van der Waals surface area contributed by atoms with Gasteiger partial charge in [0.15, 0.2) is 8.32 Å². The average molecular weight is 636 g/mol. The van der Waals surface area contributed by atoms with Crippen molar-refractivity contribution in [2.24, 2.45) is 17.3 Å². The molecule has 0 bridgehead atoms. The minimum Gasteiger partial charge on any atom is -0.457 e. The Labute approximate surface area is 265 Å². The number of carbonyl (C=O) groups excluding carboxylic acids is 2. The van der Waals surface area contributed by atoms with Crippen LogP contribution in [0.5, 0.6) is 0 Å². The van der Waals surface area contributed by atoms with Crippen LogP contribution in [-0.4, -0.2) is 43.4 Å². The van der Waals surface area contributed by atoms with Crippen molar-refractivity contribution >= 4 is 50.4 Å². The zero-order valence-corrected chi connectivity index (χ0v) is 30.1. The Bertz CT molecular complexity index is 1130. The lowest BCUT2D eigenvalue weighted by molar-refractivity contribution is -0.153. The van der Waals surface area contributed by atoms with Gasteiger partial charge in [-0.2, -0.15) is 0 Å². The van der Waals surface area contributed by atoms with Crippen molar-refractivity contribution in [2.45, 2.75) is 125 Å². The highest BCUT2D eigenvalue weighted by Gasteiger charge is 2.47. The Hall–Kier alpha value is -1.52. The number of hydrogen-bond donors (Lipinski definition) is 1. The molecule has 2 rings (SSSR count). The fourth-order valence-corrected chi connectivity index (χ4v) is 9.64. The second kappa shape index (κ2) is 16.5. The SMILES string of the molecule is CC[Si](CC)(CC)O[C@H]1CC(=O)O[C@H](/C(C)=C/c2csc(C)n2)C/C=C(/C)C/C=C/[C@H](C)[C@H](OS)[C@@H](C)C(=O)C1(C)C. The van der Waals surface area contributed by atoms with E-state index in [2.05, 4.69) is 70.7 Å². The monoisotopic (exact) mass is 635 g/mol. The second-order valence-corrected chi connectivity index (χ2v) is 18.4. The summed E-state index contributed by atoms with van der Waals surface area (Å²) in [7, 11) is -2.18. The van der Waals surface area contributed by atoms with E-state index < -0.39 is 38.0 Å². The first kappa shape index (κ1) is 36.7. The lowest BCUT2D eigenvalue weighted by Gasteiger charge is -2.42. The third-order valence-electron chi connectivity index (χ3n) is 9.02. The number of allylic oxidation sites excluding steroid dienone is 2. The lowest BCUT2D eigenvalue weighted by Crippen LogP contribution is -2.51. The summed E-state index contributed by atoms with van der Waals surface area (Å²) in [4.78, 5) is 32.5. The molecule has 0 saturated heterocycles. The summed E-state index contributed by atoms with van der Waals surface area (Å²) in [6, 6.07) is 2.74. The topological polar surface area (TPSA) is 74.7 Å². The molecule has 0 saturated carbocycles. The van der Waals surface area contributed by atoms with Crippen molar-refractivity contribution in [3.63, 3.8) is 0 Å². The first-order chi connectivity index (χ1) is 19.7. The Kier molecular flexibility index (Phi) is 14.4. The molecule has 0 unspecified atom stereocenters. The van der Waals surface area contributed by atoms with Gasteiger partial charge in [-0.1, -0.05) is 72.3 Å². The van der Waals surface area contributed by atoms with E-state index in [1.807, 2.05) is 46.1 Å². The number of ether oxygens (including phenoxy) is 1. The van der Waals surface area contributed by atoms with Gasteiger partial charge in [0, 0.05) is 29.1 Å². The first-order valence-corrected chi connectivity index (χ1v) is 19.1. The molecule has 5 atom stereocenters. The highest BCUT2D eigenvalue weighted by Crippen LogP contribution is 2.38. The van der Waals surface area contributed by atoms with E-state index in [1.54, 1.807) is 11.3 Å². The summed E-state index contributed by atoms with van der Waals surface area (Å²) in [6.07, 6.45) is 8.18. The van der Waals surface area contributed by atoms with Gasteiger partial charge in [0.25, 0.3) is 0 Å². The molecule has 0 fully saturated rings. The minimum absolute atomic E-state index is 0.000470. The van der Waals surface area contributed by atoms with E-state index in [1.165, 1.54) is 5.57 Å². The number of thiol groups is 1. The Morgan fingerprint density at radius 2 is 1.83 bits per heavy atom. The molecular weight excluding hydrogens is 583 g/mol. The van der Waals surface area contributed by atoms with Gasteiger partial charge in [-0.05, 0) is 69.9 Å². The van der Waals surface area contributed by atoms with Crippen LogP contribution in [0.2, 0.25) is 18.1 Å². The molecule has 0 aliphatic carbocycles. The van der Waals surface area contributed by atoms with Gasteiger partial charge < -0.3 is 13.3 Å². The minimum atomic E-state index is -2.18. The lowest BCUT2D eigenvalue weighted by atomic mass is 9.73. The van der Waals surface area contributed by atoms with Crippen molar-refractivity contribution in [1.29, 1.82) is 0 Å². The van der Waals surface area contributed by atoms with Crippen LogP contribution in [-0.2, 0) is 22.9 Å². The van der Waals surface area contributed by atoms with Crippen LogP contribution in [0.3, 0.4) is 0 Å². The summed E-state index contributed by atoms with van der Waals surface area (Å²) in [5, 5.41) is 3.00. The number of nitrogens with zero attached hydrogens (tertiary/aromatic N) is 1. The van der Waals surface area contributed by atoms with E-state index in [0.717, 1.165) is 40.8 Å². The van der Waals surface area contributed by atoms with Gasteiger partial charge in [0.1, 0.15) is 11.9 Å². The maximum atomic E-state index is 14.2. The van der Waals surface area contributed by atoms with E-state index in [9.17, 15) is 9.59 Å². The molecule has 0 aromatic carbocycles. The molecule has 1 aliphatic heterocycles. The molecule has 0 radical (unpaired) electrons. The van der Waals surface area contributed by atoms with Crippen molar-refractivity contribution < 1.29 is 22.9 Å². The second-order valence-electron chi connectivity index (χ2n) is 12.4. The fraction of sp³-hybridized carbons (Fsp3) is 0.667. The zero-order valence-electron chi connectivity index (χ0n) is 27.4. The van der Waals surface area contributed by atoms with Gasteiger partial charge in [-0.25, -0.2) is 4.98 Å². The third kappa shape index (κ3) is 9.74. The zero-order chi connectivity index (χ0) is 31.7. The van der Waals surface area contributed by atoms with Crippen molar-refractivity contribution in [3.05, 3.63) is 45.5 Å². The van der Waals surface area contributed by atoms with Crippen molar-refractivity contribution in [1.82, 2.24) is 4.98 Å². The van der Waals surface area contributed by atoms with Gasteiger partial charge in [0.05, 0.1) is 29.3 Å². The molecule has 0 amide bonds. The quantitative estimate of drug-likeness (QED) is 0.101. The Morgan fingerprint density at radius 3 is 2.38 bits per heavy atom. The van der Waals surface area contributed by atoms with Crippen molar-refractivity contribution in [3.8, 4) is 0 Å². The molecular formula is C33H53NO5S2Si. The van der Waals surface area contributed by atoms with Crippen LogP contribution >= 0.6 is 24.2 Å². The average Bonchev–Trinajstić information content (AvgIpc) is 3.36. The van der Waals surface area contributed by atoms with Gasteiger partial charge in [-0.15, -0.1) is 11.3 Å². The van der Waals surface area contributed by atoms with Crippen LogP contribution < -0.4 is 0 Å². The summed E-state index contributed by atoms with van der Waals surface area (Å²) in [5.41, 5.74) is 2.01. The van der Waals surface area contributed by atoms with Gasteiger partial charge in [-0.3, -0.25) is 9.59 Å². The number of aryl methyl sites for hydroxylation is 1. The molecule has 6 nitrogen and oxygen atoms in total. The summed E-state index contributed by atoms with van der Waals surface area (Å²) < 4.78 is 18.7. The molecule has 9 heteroatoms. The molecule has 2 heterocycles. The van der Waals surface area contributed by atoms with Gasteiger partial charge in [0.2, 0.25) is 0 Å². The third-order valence-corrected chi connectivity index (χ3v) is 14.7. The number of aromatic nitrogens is 1. The van der Waals surface area contributed by atoms with E-state index in [0.29, 0.717) is 6.42 Å². The smallest absolute Gasteiger partial charge is 0.309 e. The Balaban J connectivity index is 2.59. The van der Waals surface area contributed by atoms with Crippen LogP contribution in [0.25, 0.3) is 6.08 Å². The maximum absolute atomic E-state index is 14.2. The fourth-order valence-electron chi connectivity index (χ4n) is 5.71. The molecule has 1 aliphatic rings. The number of cyclic esters (lactones) is 1. The molecule has 1 aromatic heterocycles. The first-order valence-electron chi connectivity index (χ1n) is 15.4. The predicted octanol–water partition coefficient (Wildman–Crippen LogP) is 8.94. The largest absolute Gasteiger partial charge is 0.457 e. The molecule has 236 valence electrons. The van der Waals surface area contributed by atoms with E-state index in [4.69, 9.17) is 13.3 Å². The number of ketones is 1. The van der Waals surface area contributed by atoms with Crippen LogP contribution in [0.1, 0.15) is 92.3 Å². The predicted molar refractivity (Wildman–Crippen MR) is 180 cm³/mol. The van der Waals surface area contributed by atoms with E-state index in [-0.39, 0.29) is 24.1 Å². The molecule has 0 N–H and O–H groups in total. The van der Waals surface area contributed by atoms with Crippen molar-refractivity contribution in [2.75, 3.05) is 0 Å². The number of hydrogen-bond acceptors (Lipinski definition) is 8. The number of esters is 1. The van der Waals surface area contributed by atoms with Crippen LogP contribution in [0.15, 0.2) is 34.8 Å². The number of rotatable bonds is 8. The molecule has 42 heavy (non-hydrogen) atoms. The summed E-state index contributed by atoms with van der Waals surface area (Å²) in [6.45, 7) is 20.3. The molecule has 0 spiro atoms. The normalized spacial score (nSPS) is 29.1. The van der Waals surface area contributed by atoms with E-state index >= 15 is 0 Å². The van der Waals surface area contributed by atoms with Crippen LogP contribution in [0, 0.1) is 24.2 Å². The number of carbonyl (C=O) groups is 2. The maximum Gasteiger partial charge on any atom is 0.309 e. The Morgan fingerprint density at radius 1 is 1.19 bits per heavy atom.